The van der Waals surface area contributed by atoms with E-state index in [0.29, 0.717) is 23.9 Å². The van der Waals surface area contributed by atoms with Crippen molar-refractivity contribution in [1.29, 1.82) is 0 Å². The Morgan fingerprint density at radius 2 is 1.94 bits per heavy atom. The Labute approximate surface area is 180 Å². The summed E-state index contributed by atoms with van der Waals surface area (Å²) in [6.07, 6.45) is 7.22. The predicted octanol–water partition coefficient (Wildman–Crippen LogP) is 2.21. The third kappa shape index (κ3) is 5.05. The summed E-state index contributed by atoms with van der Waals surface area (Å²) < 4.78 is 18.3. The van der Waals surface area contributed by atoms with Gasteiger partial charge < -0.3 is 25.0 Å². The largest absolute Gasteiger partial charge is 0.486 e. The van der Waals surface area contributed by atoms with Gasteiger partial charge in [0.25, 0.3) is 0 Å². The highest BCUT2D eigenvalue weighted by Crippen LogP contribution is 2.43. The molecule has 2 aliphatic heterocycles. The number of amides is 2. The average molecular weight is 433 g/mol. The molecule has 31 heavy (non-hydrogen) atoms. The zero-order valence-electron chi connectivity index (χ0n) is 17.4. The minimum absolute atomic E-state index is 0.106. The normalized spacial score (nSPS) is 20.9. The molecule has 1 aliphatic carbocycles. The van der Waals surface area contributed by atoms with Gasteiger partial charge in [-0.2, -0.15) is 0 Å². The number of carbonyl (C=O) groups excluding carboxylic acids is 1. The number of halogens is 1. The van der Waals surface area contributed by atoms with E-state index in [-0.39, 0.29) is 24.1 Å². The second kappa shape index (κ2) is 9.07. The maximum atomic E-state index is 13.0. The van der Waals surface area contributed by atoms with Crippen molar-refractivity contribution in [3.8, 4) is 5.75 Å². The van der Waals surface area contributed by atoms with Gasteiger partial charge in [0.05, 0.1) is 24.1 Å². The second-order valence-electron chi connectivity index (χ2n) is 8.65. The molecule has 1 saturated carbocycles. The number of nitrogens with zero attached hydrogens (tertiary/aromatic N) is 4. The first-order chi connectivity index (χ1) is 15.0. The fourth-order valence-electron chi connectivity index (χ4n) is 4.31. The third-order valence-corrected chi connectivity index (χ3v) is 6.44. The molecule has 0 radical (unpaired) electrons. The lowest BCUT2D eigenvalue weighted by atomic mass is 9.77. The number of piperidine rings is 1. The van der Waals surface area contributed by atoms with Crippen LogP contribution in [0.25, 0.3) is 0 Å². The molecule has 168 valence electrons. The zero-order chi connectivity index (χ0) is 21.8. The number of nitrogens with one attached hydrogen (secondary N) is 1. The number of carboxylic acid groups (broad SMARTS) is 1. The molecule has 3 aliphatic rings. The fourth-order valence-corrected chi connectivity index (χ4v) is 4.31. The molecule has 0 aromatic carbocycles. The van der Waals surface area contributed by atoms with Crippen molar-refractivity contribution in [2.24, 2.45) is 11.3 Å². The molecule has 3 fully saturated rings. The van der Waals surface area contributed by atoms with Crippen molar-refractivity contribution in [3.63, 3.8) is 0 Å². The van der Waals surface area contributed by atoms with Crippen LogP contribution in [0.15, 0.2) is 24.3 Å². The van der Waals surface area contributed by atoms with Crippen LogP contribution in [0.5, 0.6) is 5.75 Å². The van der Waals surface area contributed by atoms with Gasteiger partial charge in [0, 0.05) is 38.3 Å². The van der Waals surface area contributed by atoms with Gasteiger partial charge in [-0.1, -0.05) is 0 Å². The van der Waals surface area contributed by atoms with Crippen LogP contribution < -0.4 is 15.0 Å². The van der Waals surface area contributed by atoms with Crippen LogP contribution in [0.2, 0.25) is 0 Å². The molecule has 1 aromatic rings. The van der Waals surface area contributed by atoms with E-state index in [1.165, 1.54) is 25.2 Å². The van der Waals surface area contributed by atoms with E-state index in [1.807, 2.05) is 0 Å². The van der Waals surface area contributed by atoms with Crippen molar-refractivity contribution in [3.05, 3.63) is 24.3 Å². The second-order valence-corrected chi connectivity index (χ2v) is 8.65. The van der Waals surface area contributed by atoms with Gasteiger partial charge in [-0.25, -0.2) is 19.2 Å². The Bertz CT molecular complexity index is 835. The van der Waals surface area contributed by atoms with E-state index in [0.717, 1.165) is 51.4 Å². The minimum Gasteiger partial charge on any atom is -0.486 e. The van der Waals surface area contributed by atoms with Crippen LogP contribution in [0.3, 0.4) is 0 Å². The molecular formula is C21H28FN5O4. The first kappa shape index (κ1) is 21.3. The molecule has 1 spiro atoms. The van der Waals surface area contributed by atoms with Gasteiger partial charge in [0.2, 0.25) is 11.9 Å². The van der Waals surface area contributed by atoms with Crippen LogP contribution in [0, 0.1) is 11.3 Å². The van der Waals surface area contributed by atoms with E-state index in [4.69, 9.17) is 9.84 Å². The summed E-state index contributed by atoms with van der Waals surface area (Å²) in [5, 5.41) is 10.7. The highest BCUT2D eigenvalue weighted by atomic mass is 19.1. The van der Waals surface area contributed by atoms with Crippen molar-refractivity contribution < 1.29 is 23.8 Å². The van der Waals surface area contributed by atoms with E-state index >= 15 is 0 Å². The van der Waals surface area contributed by atoms with Crippen LogP contribution >= 0.6 is 0 Å². The Morgan fingerprint density at radius 1 is 1.26 bits per heavy atom. The minimum atomic E-state index is -1.23. The summed E-state index contributed by atoms with van der Waals surface area (Å²) in [4.78, 5) is 36.3. The molecule has 4 rings (SSSR count). The maximum absolute atomic E-state index is 13.0. The Kier molecular flexibility index (Phi) is 6.24. The predicted molar refractivity (Wildman–Crippen MR) is 111 cm³/mol. The summed E-state index contributed by atoms with van der Waals surface area (Å²) in [5.41, 5.74) is -0.0576. The van der Waals surface area contributed by atoms with E-state index in [1.54, 1.807) is 0 Å². The summed E-state index contributed by atoms with van der Waals surface area (Å²) in [6, 6.07) is 0. The van der Waals surface area contributed by atoms with Gasteiger partial charge in [0.15, 0.2) is 5.75 Å². The van der Waals surface area contributed by atoms with Crippen molar-refractivity contribution in [2.75, 3.05) is 44.2 Å². The first-order valence-electron chi connectivity index (χ1n) is 10.7. The van der Waals surface area contributed by atoms with E-state index in [2.05, 4.69) is 25.1 Å². The zero-order valence-corrected chi connectivity index (χ0v) is 17.4. The van der Waals surface area contributed by atoms with Crippen molar-refractivity contribution >= 4 is 17.9 Å². The van der Waals surface area contributed by atoms with Crippen LogP contribution in [-0.2, 0) is 4.79 Å². The molecular weight excluding hydrogens is 405 g/mol. The molecule has 2 saturated heterocycles. The van der Waals surface area contributed by atoms with Crippen LogP contribution in [-0.4, -0.2) is 71.3 Å². The lowest BCUT2D eigenvalue weighted by Crippen LogP contribution is -2.45. The summed E-state index contributed by atoms with van der Waals surface area (Å²) in [7, 11) is 0. The lowest BCUT2D eigenvalue weighted by Gasteiger charge is -2.38. The molecule has 3 heterocycles. The number of anilines is 1. The van der Waals surface area contributed by atoms with Gasteiger partial charge in [-0.3, -0.25) is 4.79 Å². The SMILES string of the molecule is O=C(O)NC/C(=C\F)COc1cnc(N2CCC3(CCN(CC4CC4)C3=O)CC2)nc1. The number of aromatic nitrogens is 2. The number of likely N-dealkylation sites (tertiary alicyclic amines) is 1. The molecule has 9 nitrogen and oxygen atoms in total. The smallest absolute Gasteiger partial charge is 0.404 e. The van der Waals surface area contributed by atoms with Gasteiger partial charge >= 0.3 is 6.09 Å². The summed E-state index contributed by atoms with van der Waals surface area (Å²) in [5.74, 6) is 2.00. The maximum Gasteiger partial charge on any atom is 0.404 e. The molecule has 0 bridgehead atoms. The Morgan fingerprint density at radius 3 is 2.55 bits per heavy atom. The highest BCUT2D eigenvalue weighted by molar-refractivity contribution is 5.85. The molecule has 2 N–H and O–H groups in total. The number of hydrogen-bond donors (Lipinski definition) is 2. The van der Waals surface area contributed by atoms with Crippen molar-refractivity contribution in [1.82, 2.24) is 20.2 Å². The topological polar surface area (TPSA) is 108 Å². The van der Waals surface area contributed by atoms with Gasteiger partial charge in [-0.15, -0.1) is 0 Å². The molecule has 10 heteroatoms. The Hall–Kier alpha value is -2.91. The first-order valence-corrected chi connectivity index (χ1v) is 10.7. The number of ether oxygens (including phenoxy) is 1. The molecule has 0 unspecified atom stereocenters. The number of hydrogen-bond acceptors (Lipinski definition) is 6. The summed E-state index contributed by atoms with van der Waals surface area (Å²) >= 11 is 0. The van der Waals surface area contributed by atoms with Gasteiger partial charge in [-0.05, 0) is 38.0 Å². The van der Waals surface area contributed by atoms with E-state index < -0.39 is 6.09 Å². The van der Waals surface area contributed by atoms with Crippen molar-refractivity contribution in [2.45, 2.75) is 32.1 Å². The molecule has 2 amide bonds. The third-order valence-electron chi connectivity index (χ3n) is 6.44. The quantitative estimate of drug-likeness (QED) is 0.647. The van der Waals surface area contributed by atoms with Crippen LogP contribution in [0.1, 0.15) is 32.1 Å². The standard InChI is InChI=1S/C21H28FN5O4/c22-9-16(10-25-20(29)30)14-31-17-11-23-19(24-12-17)26-6-3-21(4-7-26)5-8-27(18(21)28)13-15-1-2-15/h9,11-12,15,25H,1-8,10,13-14H2,(H,29,30)/b16-9+. The van der Waals surface area contributed by atoms with Crippen LogP contribution in [0.4, 0.5) is 15.1 Å². The summed E-state index contributed by atoms with van der Waals surface area (Å²) in [6.45, 7) is 3.02. The molecule has 0 atom stereocenters. The molecule has 1 aromatic heterocycles. The van der Waals surface area contributed by atoms with Gasteiger partial charge in [0.1, 0.15) is 6.61 Å². The lowest BCUT2D eigenvalue weighted by molar-refractivity contribution is -0.137. The van der Waals surface area contributed by atoms with E-state index in [9.17, 15) is 14.0 Å². The number of carbonyl (C=O) groups is 2. The average Bonchev–Trinajstić information content (AvgIpc) is 3.56. The Balaban J connectivity index is 1.26. The monoisotopic (exact) mass is 433 g/mol. The highest BCUT2D eigenvalue weighted by Gasteiger charge is 2.49. The fraction of sp³-hybridized carbons (Fsp3) is 0.619. The number of rotatable bonds is 8.